The minimum absolute atomic E-state index is 0.0231. The van der Waals surface area contributed by atoms with E-state index in [1.54, 1.807) is 6.33 Å². The zero-order chi connectivity index (χ0) is 14.8. The highest BCUT2D eigenvalue weighted by atomic mass is 16.4. The molecule has 1 aliphatic rings. The van der Waals surface area contributed by atoms with E-state index in [1.165, 1.54) is 0 Å². The lowest BCUT2D eigenvalue weighted by atomic mass is 9.61. The summed E-state index contributed by atoms with van der Waals surface area (Å²) >= 11 is 0. The van der Waals surface area contributed by atoms with Crippen LogP contribution in [-0.4, -0.2) is 31.7 Å². The second-order valence-corrected chi connectivity index (χ2v) is 5.30. The van der Waals surface area contributed by atoms with E-state index in [1.807, 2.05) is 18.4 Å². The minimum atomic E-state index is -0.884. The summed E-state index contributed by atoms with van der Waals surface area (Å²) in [4.78, 5) is 12.3. The average Bonchev–Trinajstić information content (AvgIpc) is 2.87. The highest BCUT2D eigenvalue weighted by molar-refractivity contribution is 6.07. The highest BCUT2D eigenvalue weighted by Gasteiger charge is 2.52. The van der Waals surface area contributed by atoms with Crippen molar-refractivity contribution in [2.24, 2.45) is 22.2 Å². The molecule has 1 saturated carbocycles. The van der Waals surface area contributed by atoms with Crippen molar-refractivity contribution in [2.45, 2.75) is 39.8 Å². The number of rotatable bonds is 5. The van der Waals surface area contributed by atoms with Crippen LogP contribution < -0.4 is 11.1 Å². The zero-order valence-corrected chi connectivity index (χ0v) is 11.7. The first-order valence-electron chi connectivity index (χ1n) is 6.66. The normalized spacial score (nSPS) is 26.1. The molecule has 1 heterocycles. The molecular formula is C12H20N6O2. The minimum Gasteiger partial charge on any atom is -0.409 e. The highest BCUT2D eigenvalue weighted by Crippen LogP contribution is 2.45. The van der Waals surface area contributed by atoms with Gasteiger partial charge in [0.15, 0.2) is 11.7 Å². The molecule has 0 bridgehead atoms. The Morgan fingerprint density at radius 2 is 2.40 bits per heavy atom. The number of amides is 1. The van der Waals surface area contributed by atoms with Gasteiger partial charge in [-0.3, -0.25) is 4.79 Å². The van der Waals surface area contributed by atoms with Crippen molar-refractivity contribution in [3.8, 4) is 0 Å². The Hall–Kier alpha value is -2.12. The van der Waals surface area contributed by atoms with Gasteiger partial charge in [0.1, 0.15) is 11.7 Å². The molecule has 8 heteroatoms. The van der Waals surface area contributed by atoms with Gasteiger partial charge in [-0.05, 0) is 25.7 Å². The number of nitrogens with zero attached hydrogens (tertiary/aromatic N) is 4. The van der Waals surface area contributed by atoms with Gasteiger partial charge in [-0.25, -0.2) is 0 Å². The van der Waals surface area contributed by atoms with Gasteiger partial charge < -0.3 is 20.8 Å². The van der Waals surface area contributed by atoms with Crippen LogP contribution in [0, 0.1) is 11.3 Å². The lowest BCUT2D eigenvalue weighted by Gasteiger charge is -2.43. The molecule has 0 unspecified atom stereocenters. The molecule has 0 radical (unpaired) electrons. The maximum atomic E-state index is 12.3. The number of amidine groups is 1. The van der Waals surface area contributed by atoms with Gasteiger partial charge in [0.2, 0.25) is 5.91 Å². The lowest BCUT2D eigenvalue weighted by molar-refractivity contribution is -0.133. The van der Waals surface area contributed by atoms with Gasteiger partial charge in [0.05, 0.1) is 6.54 Å². The van der Waals surface area contributed by atoms with E-state index in [-0.39, 0.29) is 18.3 Å². The first-order chi connectivity index (χ1) is 9.53. The van der Waals surface area contributed by atoms with Crippen LogP contribution in [0.25, 0.3) is 0 Å². The fourth-order valence-corrected chi connectivity index (χ4v) is 2.74. The third-order valence-corrected chi connectivity index (χ3v) is 3.87. The number of nitrogens with two attached hydrogens (primary N) is 1. The van der Waals surface area contributed by atoms with E-state index < -0.39 is 5.41 Å². The topological polar surface area (TPSA) is 118 Å². The van der Waals surface area contributed by atoms with Gasteiger partial charge in [0.25, 0.3) is 0 Å². The molecule has 0 aliphatic heterocycles. The number of carbonyl (C=O) groups is 1. The predicted octanol–water partition coefficient (Wildman–Crippen LogP) is 0.0769. The third-order valence-electron chi connectivity index (χ3n) is 3.87. The molecule has 4 N–H and O–H groups in total. The van der Waals surface area contributed by atoms with E-state index in [2.05, 4.69) is 20.7 Å². The molecule has 0 aromatic carbocycles. The van der Waals surface area contributed by atoms with Crippen LogP contribution in [0.4, 0.5) is 0 Å². The molecule has 2 rings (SSSR count). The smallest absolute Gasteiger partial charge is 0.234 e. The summed E-state index contributed by atoms with van der Waals surface area (Å²) in [5.41, 5.74) is 4.80. The van der Waals surface area contributed by atoms with Crippen molar-refractivity contribution in [2.75, 3.05) is 0 Å². The zero-order valence-electron chi connectivity index (χ0n) is 11.7. The van der Waals surface area contributed by atoms with Gasteiger partial charge in [0, 0.05) is 6.54 Å². The molecule has 1 fully saturated rings. The van der Waals surface area contributed by atoms with E-state index >= 15 is 0 Å². The van der Waals surface area contributed by atoms with Crippen molar-refractivity contribution in [1.29, 1.82) is 0 Å². The Balaban J connectivity index is 2.04. The summed E-state index contributed by atoms with van der Waals surface area (Å²) < 4.78 is 1.85. The molecule has 20 heavy (non-hydrogen) atoms. The number of hydrogen-bond donors (Lipinski definition) is 3. The predicted molar refractivity (Wildman–Crippen MR) is 71.8 cm³/mol. The molecular weight excluding hydrogens is 260 g/mol. The standard InChI is InChI=1S/C12H20N6O2/c1-3-18-7-15-16-9(18)6-14-11(19)12(10(13)17-20)4-8(2)5-12/h7-8,20H,3-6H2,1-2H3,(H2,13,17)(H,14,19). The maximum Gasteiger partial charge on any atom is 0.234 e. The molecule has 0 atom stereocenters. The fraction of sp³-hybridized carbons (Fsp3) is 0.667. The van der Waals surface area contributed by atoms with E-state index in [0.29, 0.717) is 24.6 Å². The number of nitrogens with one attached hydrogen (secondary N) is 1. The van der Waals surface area contributed by atoms with Crippen LogP contribution in [0.3, 0.4) is 0 Å². The number of aromatic nitrogens is 3. The number of carbonyl (C=O) groups excluding carboxylic acids is 1. The first-order valence-corrected chi connectivity index (χ1v) is 6.66. The van der Waals surface area contributed by atoms with Crippen LogP contribution in [0.15, 0.2) is 11.5 Å². The van der Waals surface area contributed by atoms with Crippen LogP contribution in [0.1, 0.15) is 32.5 Å². The monoisotopic (exact) mass is 280 g/mol. The SMILES string of the molecule is CCn1cnnc1CNC(=O)C1(C(N)=NO)CC(C)C1. The second kappa shape index (κ2) is 5.48. The largest absolute Gasteiger partial charge is 0.409 e. The van der Waals surface area contributed by atoms with Gasteiger partial charge in [-0.2, -0.15) is 0 Å². The van der Waals surface area contributed by atoms with Gasteiger partial charge in [-0.1, -0.05) is 12.1 Å². The molecule has 1 aromatic rings. The van der Waals surface area contributed by atoms with Crippen LogP contribution >= 0.6 is 0 Å². The second-order valence-electron chi connectivity index (χ2n) is 5.30. The van der Waals surface area contributed by atoms with Crippen LogP contribution in [-0.2, 0) is 17.9 Å². The number of aryl methyl sites for hydroxylation is 1. The van der Waals surface area contributed by atoms with E-state index in [4.69, 9.17) is 10.9 Å². The molecule has 110 valence electrons. The van der Waals surface area contributed by atoms with Gasteiger partial charge >= 0.3 is 0 Å². The molecule has 1 aliphatic carbocycles. The maximum absolute atomic E-state index is 12.3. The summed E-state index contributed by atoms with van der Waals surface area (Å²) in [6, 6.07) is 0. The molecule has 0 spiro atoms. The Kier molecular flexibility index (Phi) is 3.91. The van der Waals surface area contributed by atoms with Crippen molar-refractivity contribution < 1.29 is 10.0 Å². The summed E-state index contributed by atoms with van der Waals surface area (Å²) in [6.07, 6.45) is 2.80. The number of oxime groups is 1. The summed E-state index contributed by atoms with van der Waals surface area (Å²) in [5.74, 6) is 0.824. The Morgan fingerprint density at radius 1 is 1.70 bits per heavy atom. The Bertz CT molecular complexity index is 518. The van der Waals surface area contributed by atoms with Crippen molar-refractivity contribution >= 4 is 11.7 Å². The van der Waals surface area contributed by atoms with E-state index in [0.717, 1.165) is 6.54 Å². The molecule has 0 saturated heterocycles. The molecule has 8 nitrogen and oxygen atoms in total. The quantitative estimate of drug-likeness (QED) is 0.305. The van der Waals surface area contributed by atoms with Crippen LogP contribution in [0.5, 0.6) is 0 Å². The third kappa shape index (κ3) is 2.33. The van der Waals surface area contributed by atoms with Crippen LogP contribution in [0.2, 0.25) is 0 Å². The van der Waals surface area contributed by atoms with Crippen molar-refractivity contribution in [3.05, 3.63) is 12.2 Å². The summed E-state index contributed by atoms with van der Waals surface area (Å²) in [6.45, 7) is 5.02. The van der Waals surface area contributed by atoms with Crippen molar-refractivity contribution in [1.82, 2.24) is 20.1 Å². The first kappa shape index (κ1) is 14.3. The van der Waals surface area contributed by atoms with E-state index in [9.17, 15) is 4.79 Å². The average molecular weight is 280 g/mol. The summed E-state index contributed by atoms with van der Waals surface area (Å²) in [5, 5.41) is 22.4. The molecule has 1 amide bonds. The van der Waals surface area contributed by atoms with Crippen molar-refractivity contribution in [3.63, 3.8) is 0 Å². The molecule has 1 aromatic heterocycles. The fourth-order valence-electron chi connectivity index (χ4n) is 2.74. The summed E-state index contributed by atoms with van der Waals surface area (Å²) in [7, 11) is 0. The Morgan fingerprint density at radius 3 is 2.95 bits per heavy atom. The number of hydrogen-bond acceptors (Lipinski definition) is 5. The Labute approximate surface area is 117 Å². The lowest BCUT2D eigenvalue weighted by Crippen LogP contribution is -2.56. The van der Waals surface area contributed by atoms with Gasteiger partial charge in [-0.15, -0.1) is 10.2 Å².